The molecule has 0 saturated heterocycles. The van der Waals surface area contributed by atoms with Gasteiger partial charge in [0.2, 0.25) is 5.91 Å². The molecule has 1 atom stereocenters. The molecule has 17 heavy (non-hydrogen) atoms. The Morgan fingerprint density at radius 1 is 1.41 bits per heavy atom. The third-order valence-corrected chi connectivity index (χ3v) is 3.27. The molecule has 1 amide bonds. The minimum absolute atomic E-state index is 0.0380. The van der Waals surface area contributed by atoms with E-state index in [1.807, 2.05) is 31.2 Å². The summed E-state index contributed by atoms with van der Waals surface area (Å²) < 4.78 is 1.17. The summed E-state index contributed by atoms with van der Waals surface area (Å²) in [4.78, 5) is 11.6. The van der Waals surface area contributed by atoms with Crippen molar-refractivity contribution < 1.29 is 9.90 Å². The Morgan fingerprint density at radius 2 is 2.06 bits per heavy atom. The van der Waals surface area contributed by atoms with E-state index >= 15 is 0 Å². The van der Waals surface area contributed by atoms with Crippen molar-refractivity contribution >= 4 is 28.5 Å². The van der Waals surface area contributed by atoms with Crippen molar-refractivity contribution in [1.82, 2.24) is 5.32 Å². The zero-order valence-corrected chi connectivity index (χ0v) is 12.1. The predicted octanol–water partition coefficient (Wildman–Crippen LogP) is 1.97. The van der Waals surface area contributed by atoms with Gasteiger partial charge in [0.15, 0.2) is 0 Å². The zero-order valence-electron chi connectivity index (χ0n) is 9.95. The van der Waals surface area contributed by atoms with Gasteiger partial charge in [-0.3, -0.25) is 4.79 Å². The lowest BCUT2D eigenvalue weighted by atomic mass is 10.1. The van der Waals surface area contributed by atoms with Gasteiger partial charge < -0.3 is 10.4 Å². The van der Waals surface area contributed by atoms with Crippen LogP contribution >= 0.6 is 22.6 Å². The van der Waals surface area contributed by atoms with Gasteiger partial charge in [-0.2, -0.15) is 0 Å². The third kappa shape index (κ3) is 6.02. The van der Waals surface area contributed by atoms with E-state index in [1.54, 1.807) is 0 Å². The van der Waals surface area contributed by atoms with E-state index in [-0.39, 0.29) is 12.5 Å². The first kappa shape index (κ1) is 14.4. The van der Waals surface area contributed by atoms with Gasteiger partial charge in [0.1, 0.15) is 0 Å². The fourth-order valence-corrected chi connectivity index (χ4v) is 1.82. The zero-order chi connectivity index (χ0) is 12.7. The van der Waals surface area contributed by atoms with E-state index < -0.39 is 0 Å². The minimum Gasteiger partial charge on any atom is -0.396 e. The van der Waals surface area contributed by atoms with Crippen LogP contribution < -0.4 is 5.32 Å². The van der Waals surface area contributed by atoms with Crippen molar-refractivity contribution in [2.24, 2.45) is 5.92 Å². The summed E-state index contributed by atoms with van der Waals surface area (Å²) in [6.45, 7) is 2.82. The summed E-state index contributed by atoms with van der Waals surface area (Å²) in [5.74, 6) is 0.358. The number of carbonyl (C=O) groups is 1. The maximum atomic E-state index is 11.6. The molecule has 0 bridgehead atoms. The van der Waals surface area contributed by atoms with Crippen molar-refractivity contribution in [2.45, 2.75) is 19.8 Å². The van der Waals surface area contributed by atoms with E-state index in [0.29, 0.717) is 18.9 Å². The lowest BCUT2D eigenvalue weighted by molar-refractivity contribution is -0.120. The standard InChI is InChI=1S/C13H18INO2/c1-10(6-7-16)9-15-13(17)8-11-2-4-12(14)5-3-11/h2-5,10,16H,6-9H2,1H3,(H,15,17). The Balaban J connectivity index is 2.32. The first-order valence-electron chi connectivity index (χ1n) is 5.74. The highest BCUT2D eigenvalue weighted by atomic mass is 127. The average Bonchev–Trinajstić information content (AvgIpc) is 2.30. The Labute approximate surface area is 116 Å². The second-order valence-electron chi connectivity index (χ2n) is 4.22. The van der Waals surface area contributed by atoms with Crippen LogP contribution in [0.15, 0.2) is 24.3 Å². The maximum Gasteiger partial charge on any atom is 0.224 e. The topological polar surface area (TPSA) is 49.3 Å². The molecule has 3 nitrogen and oxygen atoms in total. The second-order valence-corrected chi connectivity index (χ2v) is 5.47. The lowest BCUT2D eigenvalue weighted by Crippen LogP contribution is -2.29. The number of hydrogen-bond acceptors (Lipinski definition) is 2. The number of rotatable bonds is 6. The van der Waals surface area contributed by atoms with E-state index in [0.717, 1.165) is 12.0 Å². The molecule has 0 spiro atoms. The van der Waals surface area contributed by atoms with Crippen LogP contribution in [0.4, 0.5) is 0 Å². The predicted molar refractivity (Wildman–Crippen MR) is 76.7 cm³/mol. The lowest BCUT2D eigenvalue weighted by Gasteiger charge is -2.11. The summed E-state index contributed by atoms with van der Waals surface area (Å²) in [7, 11) is 0. The van der Waals surface area contributed by atoms with Crippen molar-refractivity contribution in [1.29, 1.82) is 0 Å². The highest BCUT2D eigenvalue weighted by Gasteiger charge is 2.06. The molecule has 1 rings (SSSR count). The monoisotopic (exact) mass is 347 g/mol. The molecule has 0 heterocycles. The van der Waals surface area contributed by atoms with Gasteiger partial charge in [-0.1, -0.05) is 19.1 Å². The summed E-state index contributed by atoms with van der Waals surface area (Å²) in [5, 5.41) is 11.6. The molecule has 1 aromatic rings. The van der Waals surface area contributed by atoms with Crippen molar-refractivity contribution in [2.75, 3.05) is 13.2 Å². The molecule has 4 heteroatoms. The number of carbonyl (C=O) groups excluding carboxylic acids is 1. The normalized spacial score (nSPS) is 12.2. The molecule has 1 unspecified atom stereocenters. The van der Waals surface area contributed by atoms with Gasteiger partial charge in [-0.15, -0.1) is 0 Å². The van der Waals surface area contributed by atoms with E-state index in [9.17, 15) is 4.79 Å². The number of nitrogens with one attached hydrogen (secondary N) is 1. The fraction of sp³-hybridized carbons (Fsp3) is 0.462. The van der Waals surface area contributed by atoms with Crippen molar-refractivity contribution in [3.63, 3.8) is 0 Å². The Bertz CT molecular complexity index is 351. The van der Waals surface area contributed by atoms with Crippen LogP contribution in [0.1, 0.15) is 18.9 Å². The number of halogens is 1. The van der Waals surface area contributed by atoms with Crippen LogP contribution in [0, 0.1) is 9.49 Å². The van der Waals surface area contributed by atoms with E-state index in [1.165, 1.54) is 3.57 Å². The quantitative estimate of drug-likeness (QED) is 0.773. The van der Waals surface area contributed by atoms with Gasteiger partial charge in [0.25, 0.3) is 0 Å². The number of aliphatic hydroxyl groups excluding tert-OH is 1. The molecule has 0 aliphatic carbocycles. The third-order valence-electron chi connectivity index (χ3n) is 2.55. The van der Waals surface area contributed by atoms with Crippen LogP contribution in [-0.4, -0.2) is 24.2 Å². The second kappa shape index (κ2) is 7.66. The Morgan fingerprint density at radius 3 is 2.65 bits per heavy atom. The first-order valence-corrected chi connectivity index (χ1v) is 6.81. The molecule has 0 fully saturated rings. The number of amides is 1. The van der Waals surface area contributed by atoms with Gasteiger partial charge in [0, 0.05) is 16.7 Å². The molecule has 94 valence electrons. The number of aliphatic hydroxyl groups is 1. The fourth-order valence-electron chi connectivity index (χ4n) is 1.46. The largest absolute Gasteiger partial charge is 0.396 e. The SMILES string of the molecule is CC(CCO)CNC(=O)Cc1ccc(I)cc1. The highest BCUT2D eigenvalue weighted by molar-refractivity contribution is 14.1. The van der Waals surface area contributed by atoms with Gasteiger partial charge >= 0.3 is 0 Å². The molecule has 0 aromatic heterocycles. The van der Waals surface area contributed by atoms with Crippen LogP contribution in [0.25, 0.3) is 0 Å². The summed E-state index contributed by atoms with van der Waals surface area (Å²) in [6.07, 6.45) is 1.15. The van der Waals surface area contributed by atoms with Crippen LogP contribution in [0.2, 0.25) is 0 Å². The summed E-state index contributed by atoms with van der Waals surface area (Å²) in [6, 6.07) is 7.94. The number of benzene rings is 1. The van der Waals surface area contributed by atoms with E-state index in [2.05, 4.69) is 27.9 Å². The van der Waals surface area contributed by atoms with E-state index in [4.69, 9.17) is 5.11 Å². The maximum absolute atomic E-state index is 11.6. The molecule has 1 aromatic carbocycles. The molecule has 0 aliphatic heterocycles. The van der Waals surface area contributed by atoms with Crippen LogP contribution in [0.3, 0.4) is 0 Å². The summed E-state index contributed by atoms with van der Waals surface area (Å²) >= 11 is 2.24. The Kier molecular flexibility index (Phi) is 6.50. The average molecular weight is 347 g/mol. The molecule has 0 aliphatic rings. The van der Waals surface area contributed by atoms with Gasteiger partial charge in [-0.05, 0) is 52.6 Å². The molecule has 2 N–H and O–H groups in total. The molecule has 0 radical (unpaired) electrons. The molecular formula is C13H18INO2. The smallest absolute Gasteiger partial charge is 0.224 e. The highest BCUT2D eigenvalue weighted by Crippen LogP contribution is 2.07. The van der Waals surface area contributed by atoms with Gasteiger partial charge in [0.05, 0.1) is 6.42 Å². The molecule has 0 saturated carbocycles. The van der Waals surface area contributed by atoms with Crippen LogP contribution in [0.5, 0.6) is 0 Å². The minimum atomic E-state index is 0.0380. The first-order chi connectivity index (χ1) is 8.11. The Hall–Kier alpha value is -0.620. The summed E-state index contributed by atoms with van der Waals surface area (Å²) in [5.41, 5.74) is 1.03. The number of hydrogen-bond donors (Lipinski definition) is 2. The van der Waals surface area contributed by atoms with Crippen molar-refractivity contribution in [3.8, 4) is 0 Å². The molecular weight excluding hydrogens is 329 g/mol. The van der Waals surface area contributed by atoms with Gasteiger partial charge in [-0.25, -0.2) is 0 Å². The van der Waals surface area contributed by atoms with Crippen molar-refractivity contribution in [3.05, 3.63) is 33.4 Å². The van der Waals surface area contributed by atoms with Crippen LogP contribution in [-0.2, 0) is 11.2 Å².